The van der Waals surface area contributed by atoms with E-state index in [2.05, 4.69) is 13.0 Å². The molecule has 0 aliphatic heterocycles. The first-order valence-corrected chi connectivity index (χ1v) is 7.03. The summed E-state index contributed by atoms with van der Waals surface area (Å²) < 4.78 is 0. The Labute approximate surface area is 99.9 Å². The molecule has 2 saturated carbocycles. The van der Waals surface area contributed by atoms with Gasteiger partial charge in [0.25, 0.3) is 0 Å². The van der Waals surface area contributed by atoms with Gasteiger partial charge in [0.1, 0.15) is 0 Å². The molecule has 2 aliphatic carbocycles. The van der Waals surface area contributed by atoms with Crippen LogP contribution in [0.1, 0.15) is 58.8 Å². The molecule has 0 saturated heterocycles. The van der Waals surface area contributed by atoms with Crippen LogP contribution in [0.3, 0.4) is 0 Å². The summed E-state index contributed by atoms with van der Waals surface area (Å²) in [5.41, 5.74) is 1.17. The molecule has 0 heterocycles. The molecule has 1 nitrogen and oxygen atoms in total. The molecule has 2 aliphatic rings. The van der Waals surface area contributed by atoms with Crippen molar-refractivity contribution in [3.8, 4) is 0 Å². The lowest BCUT2D eigenvalue weighted by Crippen LogP contribution is -2.33. The molecular weight excluding hydrogens is 196 g/mol. The van der Waals surface area contributed by atoms with Gasteiger partial charge < -0.3 is 5.11 Å². The van der Waals surface area contributed by atoms with E-state index in [-0.39, 0.29) is 6.10 Å². The van der Waals surface area contributed by atoms with Crippen molar-refractivity contribution in [2.24, 2.45) is 17.8 Å². The van der Waals surface area contributed by atoms with Crippen LogP contribution in [0.15, 0.2) is 11.6 Å². The van der Waals surface area contributed by atoms with Gasteiger partial charge in [-0.3, -0.25) is 0 Å². The number of aliphatic hydroxyl groups is 1. The molecule has 4 atom stereocenters. The van der Waals surface area contributed by atoms with Crippen LogP contribution in [-0.4, -0.2) is 11.2 Å². The number of hydrogen-bond donors (Lipinski definition) is 1. The maximum atomic E-state index is 10.3. The second-order valence-electron chi connectivity index (χ2n) is 5.86. The van der Waals surface area contributed by atoms with E-state index < -0.39 is 0 Å². The number of allylic oxidation sites excluding steroid dienone is 1. The Morgan fingerprint density at radius 2 is 1.81 bits per heavy atom. The van der Waals surface area contributed by atoms with Crippen molar-refractivity contribution in [1.82, 2.24) is 0 Å². The lowest BCUT2D eigenvalue weighted by atomic mass is 9.66. The zero-order chi connectivity index (χ0) is 11.5. The fourth-order valence-electron chi connectivity index (χ4n) is 3.74. The average Bonchev–Trinajstić information content (AvgIpc) is 2.36. The third kappa shape index (κ3) is 2.51. The van der Waals surface area contributed by atoms with E-state index >= 15 is 0 Å². The molecule has 1 N–H and O–H groups in total. The summed E-state index contributed by atoms with van der Waals surface area (Å²) in [6, 6.07) is 0. The first-order valence-electron chi connectivity index (χ1n) is 7.03. The van der Waals surface area contributed by atoms with E-state index in [1.165, 1.54) is 50.5 Å². The lowest BCUT2D eigenvalue weighted by Gasteiger charge is -2.41. The first-order chi connectivity index (χ1) is 7.72. The molecule has 0 aromatic carbocycles. The van der Waals surface area contributed by atoms with Crippen molar-refractivity contribution in [3.05, 3.63) is 11.6 Å². The smallest absolute Gasteiger partial charge is 0.0775 e. The van der Waals surface area contributed by atoms with Crippen LogP contribution >= 0.6 is 0 Å². The van der Waals surface area contributed by atoms with Gasteiger partial charge in [0, 0.05) is 0 Å². The second-order valence-corrected chi connectivity index (χ2v) is 5.86. The molecule has 0 bridgehead atoms. The monoisotopic (exact) mass is 222 g/mol. The van der Waals surface area contributed by atoms with Gasteiger partial charge in [0.2, 0.25) is 0 Å². The molecule has 2 fully saturated rings. The molecule has 0 amide bonds. The number of fused-ring (bicyclic) bond motifs is 1. The van der Waals surface area contributed by atoms with E-state index in [1.54, 1.807) is 0 Å². The molecule has 16 heavy (non-hydrogen) atoms. The van der Waals surface area contributed by atoms with Gasteiger partial charge in [-0.05, 0) is 56.4 Å². The van der Waals surface area contributed by atoms with Crippen molar-refractivity contribution < 1.29 is 5.11 Å². The van der Waals surface area contributed by atoms with Gasteiger partial charge in [-0.15, -0.1) is 0 Å². The maximum absolute atomic E-state index is 10.3. The van der Waals surface area contributed by atoms with Gasteiger partial charge in [-0.2, -0.15) is 0 Å². The Hall–Kier alpha value is -0.300. The molecule has 0 radical (unpaired) electrons. The van der Waals surface area contributed by atoms with Crippen molar-refractivity contribution in [1.29, 1.82) is 0 Å². The van der Waals surface area contributed by atoms with Gasteiger partial charge in [-0.25, -0.2) is 0 Å². The van der Waals surface area contributed by atoms with Crippen LogP contribution in [-0.2, 0) is 0 Å². The highest BCUT2D eigenvalue weighted by Crippen LogP contribution is 2.44. The largest absolute Gasteiger partial charge is 0.388 e. The topological polar surface area (TPSA) is 20.2 Å². The Morgan fingerprint density at radius 1 is 1.12 bits per heavy atom. The number of rotatable bonds is 2. The van der Waals surface area contributed by atoms with Crippen molar-refractivity contribution in [3.63, 3.8) is 0 Å². The molecule has 0 spiro atoms. The van der Waals surface area contributed by atoms with Crippen LogP contribution in [0.4, 0.5) is 0 Å². The highest BCUT2D eigenvalue weighted by atomic mass is 16.3. The quantitative estimate of drug-likeness (QED) is 0.702. The predicted octanol–water partition coefficient (Wildman–Crippen LogP) is 3.92. The third-order valence-electron chi connectivity index (χ3n) is 4.95. The highest BCUT2D eigenvalue weighted by Gasteiger charge is 2.34. The summed E-state index contributed by atoms with van der Waals surface area (Å²) in [6.07, 6.45) is 11.5. The Bertz CT molecular complexity index is 256. The van der Waals surface area contributed by atoms with Crippen molar-refractivity contribution >= 4 is 0 Å². The Morgan fingerprint density at radius 3 is 2.50 bits per heavy atom. The summed E-state index contributed by atoms with van der Waals surface area (Å²) in [4.78, 5) is 0. The van der Waals surface area contributed by atoms with Crippen LogP contribution in [0, 0.1) is 17.8 Å². The van der Waals surface area contributed by atoms with Gasteiger partial charge in [0.15, 0.2) is 0 Å². The fourth-order valence-corrected chi connectivity index (χ4v) is 3.74. The molecular formula is C15H26O. The standard InChI is InChI=1S/C15H26O/c1-3-11(2)15(16)14-9-8-12-6-4-5-7-13(12)10-14/h3,12-16H,4-10H2,1-2H3/b11-3+. The molecule has 92 valence electrons. The van der Waals surface area contributed by atoms with Crippen molar-refractivity contribution in [2.45, 2.75) is 64.9 Å². The molecule has 0 aromatic rings. The van der Waals surface area contributed by atoms with Crippen molar-refractivity contribution in [2.75, 3.05) is 0 Å². The van der Waals surface area contributed by atoms with E-state index in [4.69, 9.17) is 0 Å². The van der Waals surface area contributed by atoms with E-state index in [9.17, 15) is 5.11 Å². The summed E-state index contributed by atoms with van der Waals surface area (Å²) in [6.45, 7) is 4.10. The zero-order valence-corrected chi connectivity index (χ0v) is 10.8. The minimum absolute atomic E-state index is 0.173. The van der Waals surface area contributed by atoms with Crippen LogP contribution < -0.4 is 0 Å². The summed E-state index contributed by atoms with van der Waals surface area (Å²) in [5.74, 6) is 2.45. The Kier molecular flexibility index (Phi) is 4.07. The molecule has 2 rings (SSSR count). The van der Waals surface area contributed by atoms with E-state index in [0.717, 1.165) is 11.8 Å². The fraction of sp³-hybridized carbons (Fsp3) is 0.867. The Balaban J connectivity index is 1.94. The highest BCUT2D eigenvalue weighted by molar-refractivity contribution is 5.06. The number of aliphatic hydroxyl groups excluding tert-OH is 1. The van der Waals surface area contributed by atoms with Gasteiger partial charge in [-0.1, -0.05) is 31.8 Å². The van der Waals surface area contributed by atoms with Gasteiger partial charge >= 0.3 is 0 Å². The van der Waals surface area contributed by atoms with Crippen LogP contribution in [0.25, 0.3) is 0 Å². The molecule has 4 unspecified atom stereocenters. The SMILES string of the molecule is C/C=C(\C)C(O)C1CCC2CCCCC2C1. The number of hydrogen-bond acceptors (Lipinski definition) is 1. The summed E-state index contributed by atoms with van der Waals surface area (Å²) in [5, 5.41) is 10.3. The zero-order valence-electron chi connectivity index (χ0n) is 10.8. The lowest BCUT2D eigenvalue weighted by molar-refractivity contribution is 0.0544. The summed E-state index contributed by atoms with van der Waals surface area (Å²) in [7, 11) is 0. The normalized spacial score (nSPS) is 37.9. The molecule has 1 heteroatoms. The third-order valence-corrected chi connectivity index (χ3v) is 4.95. The minimum atomic E-state index is -0.173. The van der Waals surface area contributed by atoms with Crippen LogP contribution in [0.2, 0.25) is 0 Å². The minimum Gasteiger partial charge on any atom is -0.388 e. The second kappa shape index (κ2) is 5.35. The average molecular weight is 222 g/mol. The maximum Gasteiger partial charge on any atom is 0.0775 e. The van der Waals surface area contributed by atoms with Gasteiger partial charge in [0.05, 0.1) is 6.10 Å². The summed E-state index contributed by atoms with van der Waals surface area (Å²) >= 11 is 0. The first kappa shape index (κ1) is 12.2. The van der Waals surface area contributed by atoms with E-state index in [0.29, 0.717) is 5.92 Å². The predicted molar refractivity (Wildman–Crippen MR) is 68.2 cm³/mol. The van der Waals surface area contributed by atoms with Crippen LogP contribution in [0.5, 0.6) is 0 Å². The molecule has 0 aromatic heterocycles. The van der Waals surface area contributed by atoms with E-state index in [1.807, 2.05) is 6.92 Å².